The molecule has 0 aliphatic heterocycles. The summed E-state index contributed by atoms with van der Waals surface area (Å²) in [6.07, 6.45) is 7.37. The molecular formula is C13H13NO. The third-order valence-electron chi connectivity index (χ3n) is 2.21. The van der Waals surface area contributed by atoms with Crippen LogP contribution in [0.4, 0.5) is 0 Å². The molecule has 0 atom stereocenters. The molecule has 1 heterocycles. The maximum atomic E-state index is 5.18. The number of ether oxygens (including phenoxy) is 1. The molecule has 0 unspecified atom stereocenters. The first-order valence-electron chi connectivity index (χ1n) is 5.02. The smallest absolute Gasteiger partial charge is 0.0845 e. The molecule has 76 valence electrons. The summed E-state index contributed by atoms with van der Waals surface area (Å²) in [4.78, 5) is 4.18. The molecule has 1 aromatic carbocycles. The summed E-state index contributed by atoms with van der Waals surface area (Å²) in [5.74, 6) is 0. The fourth-order valence-electron chi connectivity index (χ4n) is 1.49. The van der Waals surface area contributed by atoms with Gasteiger partial charge in [0, 0.05) is 23.3 Å². The van der Waals surface area contributed by atoms with Crippen molar-refractivity contribution in [3.63, 3.8) is 0 Å². The molecule has 0 saturated carbocycles. The predicted molar refractivity (Wildman–Crippen MR) is 62.4 cm³/mol. The van der Waals surface area contributed by atoms with Crippen molar-refractivity contribution in [3.8, 4) is 0 Å². The highest BCUT2D eigenvalue weighted by molar-refractivity contribution is 5.89. The zero-order valence-corrected chi connectivity index (χ0v) is 8.68. The van der Waals surface area contributed by atoms with Crippen molar-refractivity contribution in [2.45, 2.75) is 6.92 Å². The van der Waals surface area contributed by atoms with E-state index in [9.17, 15) is 0 Å². The zero-order valence-electron chi connectivity index (χ0n) is 8.68. The van der Waals surface area contributed by atoms with Gasteiger partial charge in [0.25, 0.3) is 0 Å². The standard InChI is InChI=1S/C13H13NO/c1-2-15-8-7-12-10-14-9-11-5-3-4-6-13(11)12/h3-10H,2H2,1H3/b8-7+. The molecule has 2 nitrogen and oxygen atoms in total. The van der Waals surface area contributed by atoms with Crippen LogP contribution in [0.25, 0.3) is 16.8 Å². The van der Waals surface area contributed by atoms with Crippen molar-refractivity contribution >= 4 is 16.8 Å². The Morgan fingerprint density at radius 2 is 2.13 bits per heavy atom. The molecule has 2 heteroatoms. The topological polar surface area (TPSA) is 22.1 Å². The highest BCUT2D eigenvalue weighted by Crippen LogP contribution is 2.17. The van der Waals surface area contributed by atoms with E-state index in [2.05, 4.69) is 17.1 Å². The van der Waals surface area contributed by atoms with Crippen LogP contribution in [0.5, 0.6) is 0 Å². The number of fused-ring (bicyclic) bond motifs is 1. The maximum absolute atomic E-state index is 5.18. The van der Waals surface area contributed by atoms with Crippen LogP contribution in [0.1, 0.15) is 12.5 Å². The molecule has 15 heavy (non-hydrogen) atoms. The van der Waals surface area contributed by atoms with Crippen molar-refractivity contribution < 1.29 is 4.74 Å². The van der Waals surface area contributed by atoms with E-state index in [0.717, 1.165) is 10.9 Å². The molecule has 0 fully saturated rings. The van der Waals surface area contributed by atoms with Crippen molar-refractivity contribution in [2.75, 3.05) is 6.61 Å². The number of pyridine rings is 1. The molecule has 0 saturated heterocycles. The quantitative estimate of drug-likeness (QED) is 0.708. The zero-order chi connectivity index (χ0) is 10.5. The van der Waals surface area contributed by atoms with Gasteiger partial charge in [0.05, 0.1) is 12.9 Å². The third-order valence-corrected chi connectivity index (χ3v) is 2.21. The first-order valence-corrected chi connectivity index (χ1v) is 5.02. The molecule has 2 aromatic rings. The van der Waals surface area contributed by atoms with E-state index in [-0.39, 0.29) is 0 Å². The van der Waals surface area contributed by atoms with E-state index in [1.165, 1.54) is 5.39 Å². The lowest BCUT2D eigenvalue weighted by Crippen LogP contribution is -1.82. The molecule has 0 bridgehead atoms. The molecule has 1 aromatic heterocycles. The monoisotopic (exact) mass is 199 g/mol. The number of benzene rings is 1. The SMILES string of the molecule is CCO/C=C/c1cncc2ccccc12. The fourth-order valence-corrected chi connectivity index (χ4v) is 1.49. The van der Waals surface area contributed by atoms with Crippen LogP contribution >= 0.6 is 0 Å². The minimum absolute atomic E-state index is 0.689. The Labute approximate surface area is 89.2 Å². The molecule has 0 N–H and O–H groups in total. The maximum Gasteiger partial charge on any atom is 0.0845 e. The fraction of sp³-hybridized carbons (Fsp3) is 0.154. The number of aromatic nitrogens is 1. The Morgan fingerprint density at radius 1 is 1.27 bits per heavy atom. The summed E-state index contributed by atoms with van der Waals surface area (Å²) in [7, 11) is 0. The third kappa shape index (κ3) is 2.15. The van der Waals surface area contributed by atoms with Crippen LogP contribution in [0.15, 0.2) is 42.9 Å². The second kappa shape index (κ2) is 4.60. The summed E-state index contributed by atoms with van der Waals surface area (Å²) in [5, 5.41) is 2.35. The average Bonchev–Trinajstić information content (AvgIpc) is 2.30. The molecule has 2 rings (SSSR count). The Kier molecular flexibility index (Phi) is 2.98. The van der Waals surface area contributed by atoms with Gasteiger partial charge in [-0.2, -0.15) is 0 Å². The van der Waals surface area contributed by atoms with Crippen molar-refractivity contribution in [2.24, 2.45) is 0 Å². The highest BCUT2D eigenvalue weighted by atomic mass is 16.5. The van der Waals surface area contributed by atoms with Gasteiger partial charge >= 0.3 is 0 Å². The number of hydrogen-bond acceptors (Lipinski definition) is 2. The summed E-state index contributed by atoms with van der Waals surface area (Å²) >= 11 is 0. The van der Waals surface area contributed by atoms with Crippen LogP contribution in [0, 0.1) is 0 Å². The Balaban J connectivity index is 2.42. The number of nitrogens with zero attached hydrogens (tertiary/aromatic N) is 1. The van der Waals surface area contributed by atoms with E-state index in [1.807, 2.05) is 37.5 Å². The lowest BCUT2D eigenvalue weighted by molar-refractivity contribution is 0.272. The Morgan fingerprint density at radius 3 is 3.00 bits per heavy atom. The van der Waals surface area contributed by atoms with Gasteiger partial charge in [0.15, 0.2) is 0 Å². The van der Waals surface area contributed by atoms with E-state index in [0.29, 0.717) is 6.61 Å². The minimum Gasteiger partial charge on any atom is -0.501 e. The van der Waals surface area contributed by atoms with Gasteiger partial charge in [-0.15, -0.1) is 0 Å². The van der Waals surface area contributed by atoms with Crippen molar-refractivity contribution in [1.82, 2.24) is 4.98 Å². The highest BCUT2D eigenvalue weighted by Gasteiger charge is 1.96. The summed E-state index contributed by atoms with van der Waals surface area (Å²) in [5.41, 5.74) is 1.08. The van der Waals surface area contributed by atoms with Gasteiger partial charge < -0.3 is 4.74 Å². The van der Waals surface area contributed by atoms with Gasteiger partial charge in [-0.25, -0.2) is 0 Å². The van der Waals surface area contributed by atoms with E-state index in [4.69, 9.17) is 4.74 Å². The summed E-state index contributed by atoms with van der Waals surface area (Å²) < 4.78 is 5.18. The minimum atomic E-state index is 0.689. The molecule has 0 spiro atoms. The normalized spacial score (nSPS) is 11.0. The molecule has 0 amide bonds. The first kappa shape index (κ1) is 9.71. The van der Waals surface area contributed by atoms with E-state index in [1.54, 1.807) is 6.26 Å². The van der Waals surface area contributed by atoms with Crippen LogP contribution in [0.3, 0.4) is 0 Å². The second-order valence-electron chi connectivity index (χ2n) is 3.21. The van der Waals surface area contributed by atoms with Gasteiger partial charge in [0.1, 0.15) is 0 Å². The second-order valence-corrected chi connectivity index (χ2v) is 3.21. The summed E-state index contributed by atoms with van der Waals surface area (Å²) in [6, 6.07) is 8.18. The number of rotatable bonds is 3. The van der Waals surface area contributed by atoms with Gasteiger partial charge in [-0.3, -0.25) is 4.98 Å². The molecular weight excluding hydrogens is 186 g/mol. The lowest BCUT2D eigenvalue weighted by Gasteiger charge is -2.00. The molecule has 0 aliphatic carbocycles. The van der Waals surface area contributed by atoms with Gasteiger partial charge in [-0.05, 0) is 18.4 Å². The van der Waals surface area contributed by atoms with E-state index < -0.39 is 0 Å². The van der Waals surface area contributed by atoms with Crippen molar-refractivity contribution in [3.05, 3.63) is 48.5 Å². The number of hydrogen-bond donors (Lipinski definition) is 0. The average molecular weight is 199 g/mol. The van der Waals surface area contributed by atoms with Crippen LogP contribution < -0.4 is 0 Å². The largest absolute Gasteiger partial charge is 0.501 e. The lowest BCUT2D eigenvalue weighted by atomic mass is 10.1. The van der Waals surface area contributed by atoms with Crippen LogP contribution in [0.2, 0.25) is 0 Å². The van der Waals surface area contributed by atoms with Crippen LogP contribution in [-0.4, -0.2) is 11.6 Å². The van der Waals surface area contributed by atoms with Gasteiger partial charge in [0.2, 0.25) is 0 Å². The predicted octanol–water partition coefficient (Wildman–Crippen LogP) is 3.24. The Bertz CT molecular complexity index is 471. The van der Waals surface area contributed by atoms with E-state index >= 15 is 0 Å². The first-order chi connectivity index (χ1) is 7.42. The molecule has 0 aliphatic rings. The van der Waals surface area contributed by atoms with Gasteiger partial charge in [-0.1, -0.05) is 24.3 Å². The van der Waals surface area contributed by atoms with Crippen molar-refractivity contribution in [1.29, 1.82) is 0 Å². The molecule has 0 radical (unpaired) electrons. The Hall–Kier alpha value is -1.83. The van der Waals surface area contributed by atoms with Crippen LogP contribution in [-0.2, 0) is 4.74 Å². The summed E-state index contributed by atoms with van der Waals surface area (Å²) in [6.45, 7) is 2.65.